The summed E-state index contributed by atoms with van der Waals surface area (Å²) >= 11 is 0. The summed E-state index contributed by atoms with van der Waals surface area (Å²) < 4.78 is 23.6. The van der Waals surface area contributed by atoms with Crippen molar-refractivity contribution in [2.45, 2.75) is 58.3 Å². The van der Waals surface area contributed by atoms with Crippen LogP contribution < -0.4 is 5.32 Å². The van der Waals surface area contributed by atoms with Crippen LogP contribution in [-0.2, 0) is 19.4 Å². The van der Waals surface area contributed by atoms with Gasteiger partial charge < -0.3 is 10.4 Å². The highest BCUT2D eigenvalue weighted by Gasteiger charge is 2.39. The van der Waals surface area contributed by atoms with E-state index in [1.807, 2.05) is 6.92 Å². The molecular weight excluding hydrogens is 306 g/mol. The average Bonchev–Trinajstić information content (AvgIpc) is 2.45. The first kappa shape index (κ1) is 18.9. The summed E-state index contributed by atoms with van der Waals surface area (Å²) in [5.74, 6) is -2.04. The van der Waals surface area contributed by atoms with E-state index in [9.17, 15) is 23.1 Å². The molecule has 0 saturated heterocycles. The number of carboxylic acids is 1. The Balaban J connectivity index is 2.48. The zero-order valence-electron chi connectivity index (χ0n) is 13.3. The second-order valence-corrected chi connectivity index (χ2v) is 8.41. The summed E-state index contributed by atoms with van der Waals surface area (Å²) in [6, 6.07) is 0. The molecule has 1 amide bonds. The van der Waals surface area contributed by atoms with Crippen molar-refractivity contribution in [3.05, 3.63) is 0 Å². The van der Waals surface area contributed by atoms with E-state index in [1.54, 1.807) is 0 Å². The van der Waals surface area contributed by atoms with Gasteiger partial charge in [-0.05, 0) is 19.3 Å². The molecule has 0 unspecified atom stereocenters. The van der Waals surface area contributed by atoms with Gasteiger partial charge in [-0.3, -0.25) is 9.59 Å². The number of hydrogen-bond donors (Lipinski definition) is 2. The van der Waals surface area contributed by atoms with Crippen molar-refractivity contribution >= 4 is 21.7 Å². The summed E-state index contributed by atoms with van der Waals surface area (Å²) in [7, 11) is -3.41. The van der Waals surface area contributed by atoms with Crippen molar-refractivity contribution in [3.63, 3.8) is 0 Å². The first-order chi connectivity index (χ1) is 10.3. The third-order valence-electron chi connectivity index (χ3n) is 4.30. The molecule has 0 atom stereocenters. The lowest BCUT2D eigenvalue weighted by atomic mass is 9.74. The maximum Gasteiger partial charge on any atom is 0.311 e. The van der Waals surface area contributed by atoms with Gasteiger partial charge in [-0.2, -0.15) is 0 Å². The number of unbranched alkanes of at least 4 members (excludes halogenated alkanes) is 2. The number of carbonyl (C=O) groups is 2. The fourth-order valence-corrected chi connectivity index (χ4v) is 4.15. The molecule has 0 radical (unpaired) electrons. The Morgan fingerprint density at radius 1 is 1.14 bits per heavy atom. The third kappa shape index (κ3) is 5.94. The molecule has 1 aliphatic rings. The Morgan fingerprint density at radius 3 is 2.32 bits per heavy atom. The number of carbonyl (C=O) groups excluding carboxylic acids is 1. The highest BCUT2D eigenvalue weighted by molar-refractivity contribution is 7.92. The number of nitrogens with one attached hydrogen (secondary N) is 1. The molecule has 1 saturated carbocycles. The minimum Gasteiger partial charge on any atom is -0.481 e. The molecule has 0 heterocycles. The van der Waals surface area contributed by atoms with Gasteiger partial charge in [0.25, 0.3) is 0 Å². The van der Waals surface area contributed by atoms with Gasteiger partial charge in [-0.1, -0.05) is 39.0 Å². The van der Waals surface area contributed by atoms with Crippen molar-refractivity contribution in [2.75, 3.05) is 18.1 Å². The first-order valence-corrected chi connectivity index (χ1v) is 9.84. The fourth-order valence-electron chi connectivity index (χ4n) is 2.86. The van der Waals surface area contributed by atoms with E-state index in [0.29, 0.717) is 19.3 Å². The van der Waals surface area contributed by atoms with Gasteiger partial charge in [0.05, 0.1) is 11.2 Å². The van der Waals surface area contributed by atoms with Crippen LogP contribution in [0.25, 0.3) is 0 Å². The van der Waals surface area contributed by atoms with Crippen LogP contribution in [0.5, 0.6) is 0 Å². The molecule has 1 aliphatic carbocycles. The van der Waals surface area contributed by atoms with E-state index in [2.05, 4.69) is 5.32 Å². The summed E-state index contributed by atoms with van der Waals surface area (Å²) in [5.41, 5.74) is -0.931. The lowest BCUT2D eigenvalue weighted by Gasteiger charge is -2.33. The highest BCUT2D eigenvalue weighted by Crippen LogP contribution is 2.35. The van der Waals surface area contributed by atoms with Crippen molar-refractivity contribution in [1.29, 1.82) is 0 Å². The largest absolute Gasteiger partial charge is 0.481 e. The van der Waals surface area contributed by atoms with Gasteiger partial charge in [-0.15, -0.1) is 0 Å². The zero-order valence-corrected chi connectivity index (χ0v) is 14.1. The van der Waals surface area contributed by atoms with E-state index < -0.39 is 32.9 Å². The Bertz CT molecular complexity index is 480. The molecule has 0 aliphatic heterocycles. The summed E-state index contributed by atoms with van der Waals surface area (Å²) in [4.78, 5) is 23.3. The van der Waals surface area contributed by atoms with Gasteiger partial charge in [0.1, 0.15) is 5.75 Å². The predicted octanol–water partition coefficient (Wildman–Crippen LogP) is 1.74. The van der Waals surface area contributed by atoms with E-state index in [4.69, 9.17) is 0 Å². The molecule has 0 spiro atoms. The van der Waals surface area contributed by atoms with Crippen LogP contribution in [0.2, 0.25) is 0 Å². The molecule has 1 rings (SSSR count). The van der Waals surface area contributed by atoms with Crippen LogP contribution in [-0.4, -0.2) is 43.5 Å². The maximum absolute atomic E-state index is 11.8. The molecule has 2 N–H and O–H groups in total. The molecule has 0 bridgehead atoms. The number of sulfone groups is 1. The normalized spacial score (nSPS) is 17.9. The molecule has 22 heavy (non-hydrogen) atoms. The second-order valence-electron chi connectivity index (χ2n) is 6.22. The van der Waals surface area contributed by atoms with E-state index >= 15 is 0 Å². The Kier molecular flexibility index (Phi) is 7.32. The highest BCUT2D eigenvalue weighted by atomic mass is 32.2. The van der Waals surface area contributed by atoms with E-state index in [-0.39, 0.29) is 12.3 Å². The predicted molar refractivity (Wildman–Crippen MR) is 84.3 cm³/mol. The number of rotatable bonds is 9. The maximum atomic E-state index is 11.8. The van der Waals surface area contributed by atoms with Crippen LogP contribution in [0.1, 0.15) is 58.3 Å². The topological polar surface area (TPSA) is 101 Å². The Hall–Kier alpha value is -1.11. The molecule has 0 aromatic rings. The van der Waals surface area contributed by atoms with E-state index in [0.717, 1.165) is 32.1 Å². The van der Waals surface area contributed by atoms with Crippen molar-refractivity contribution in [3.8, 4) is 0 Å². The SMILES string of the molecule is CCCCCS(=O)(=O)CC(=O)NCC1(C(=O)O)CCCCC1. The first-order valence-electron chi connectivity index (χ1n) is 8.02. The van der Waals surface area contributed by atoms with Crippen molar-refractivity contribution in [2.24, 2.45) is 5.41 Å². The Labute approximate surface area is 132 Å². The molecule has 128 valence electrons. The van der Waals surface area contributed by atoms with E-state index in [1.165, 1.54) is 0 Å². The quantitative estimate of drug-likeness (QED) is 0.626. The molecule has 0 aromatic carbocycles. The average molecular weight is 333 g/mol. The number of amides is 1. The number of carboxylic acid groups (broad SMARTS) is 1. The summed E-state index contributed by atoms with van der Waals surface area (Å²) in [5, 5.41) is 11.9. The van der Waals surface area contributed by atoms with Crippen LogP contribution in [0, 0.1) is 5.41 Å². The third-order valence-corrected chi connectivity index (χ3v) is 5.91. The molecular formula is C15H27NO5S. The Morgan fingerprint density at radius 2 is 1.77 bits per heavy atom. The molecule has 1 fully saturated rings. The number of hydrogen-bond acceptors (Lipinski definition) is 4. The number of aliphatic carboxylic acids is 1. The zero-order chi connectivity index (χ0) is 16.6. The summed E-state index contributed by atoms with van der Waals surface area (Å²) in [6.45, 7) is 2.00. The fraction of sp³-hybridized carbons (Fsp3) is 0.867. The van der Waals surface area contributed by atoms with Gasteiger partial charge in [-0.25, -0.2) is 8.42 Å². The molecule has 0 aromatic heterocycles. The molecule has 6 nitrogen and oxygen atoms in total. The van der Waals surface area contributed by atoms with Crippen LogP contribution in [0.3, 0.4) is 0 Å². The smallest absolute Gasteiger partial charge is 0.311 e. The standard InChI is InChI=1S/C15H27NO5S/c1-2-3-7-10-22(20,21)11-13(17)16-12-15(14(18)19)8-5-4-6-9-15/h2-12H2,1H3,(H,16,17)(H,18,19). The molecule has 7 heteroatoms. The van der Waals surface area contributed by atoms with Crippen molar-refractivity contribution in [1.82, 2.24) is 5.32 Å². The minimum atomic E-state index is -3.41. The van der Waals surface area contributed by atoms with Crippen LogP contribution >= 0.6 is 0 Å². The van der Waals surface area contributed by atoms with Gasteiger partial charge in [0, 0.05) is 6.54 Å². The minimum absolute atomic E-state index is 0.0122. The van der Waals surface area contributed by atoms with Crippen molar-refractivity contribution < 1.29 is 23.1 Å². The van der Waals surface area contributed by atoms with Gasteiger partial charge >= 0.3 is 5.97 Å². The van der Waals surface area contributed by atoms with Gasteiger partial charge in [0.15, 0.2) is 9.84 Å². The second kappa shape index (κ2) is 8.50. The van der Waals surface area contributed by atoms with Crippen LogP contribution in [0.4, 0.5) is 0 Å². The lowest BCUT2D eigenvalue weighted by molar-refractivity contribution is -0.150. The van der Waals surface area contributed by atoms with Crippen LogP contribution in [0.15, 0.2) is 0 Å². The lowest BCUT2D eigenvalue weighted by Crippen LogP contribution is -2.45. The van der Waals surface area contributed by atoms with Gasteiger partial charge in [0.2, 0.25) is 5.91 Å². The summed E-state index contributed by atoms with van der Waals surface area (Å²) in [6.07, 6.45) is 6.04. The monoisotopic (exact) mass is 333 g/mol.